The number of halogens is 7. The van der Waals surface area contributed by atoms with Crippen LogP contribution in [0.25, 0.3) is 0 Å². The summed E-state index contributed by atoms with van der Waals surface area (Å²) in [5.74, 6) is -1.30. The van der Waals surface area contributed by atoms with Crippen molar-refractivity contribution < 1.29 is 35.9 Å². The van der Waals surface area contributed by atoms with Gasteiger partial charge in [0, 0.05) is 37.6 Å². The summed E-state index contributed by atoms with van der Waals surface area (Å²) in [5, 5.41) is 0. The quantitative estimate of drug-likeness (QED) is 0.384. The lowest BCUT2D eigenvalue weighted by molar-refractivity contribution is -0.143. The second-order valence-corrected chi connectivity index (χ2v) is 8.63. The number of piperazine rings is 1. The molecule has 0 radical (unpaired) electrons. The highest BCUT2D eigenvalue weighted by atomic mass is 35.5. The van der Waals surface area contributed by atoms with Crippen molar-refractivity contribution >= 4 is 24.2 Å². The third-order valence-electron chi connectivity index (χ3n) is 6.09. The molecule has 1 aliphatic heterocycles. The number of nitrogens with zero attached hydrogens (tertiary/aromatic N) is 3. The van der Waals surface area contributed by atoms with Gasteiger partial charge in [-0.25, -0.2) is 0 Å². The molecule has 0 spiro atoms. The monoisotopic (exact) mass is 557 g/mol. The number of amides is 2. The van der Waals surface area contributed by atoms with Gasteiger partial charge in [0.1, 0.15) is 0 Å². The maximum Gasteiger partial charge on any atom is 0.416 e. The summed E-state index contributed by atoms with van der Waals surface area (Å²) < 4.78 is 80.2. The highest BCUT2D eigenvalue weighted by Crippen LogP contribution is 2.37. The first-order valence-electron chi connectivity index (χ1n) is 11.3. The van der Waals surface area contributed by atoms with E-state index in [1.54, 1.807) is 42.5 Å². The van der Waals surface area contributed by atoms with Crippen molar-refractivity contribution in [1.29, 1.82) is 0 Å². The van der Waals surface area contributed by atoms with Crippen LogP contribution in [0.1, 0.15) is 37.4 Å². The van der Waals surface area contributed by atoms with E-state index in [4.69, 9.17) is 0 Å². The zero-order valence-corrected chi connectivity index (χ0v) is 20.5. The molecule has 5 nitrogen and oxygen atoms in total. The maximum absolute atomic E-state index is 13.4. The van der Waals surface area contributed by atoms with Crippen LogP contribution in [0.4, 0.5) is 26.3 Å². The standard InChI is InChI=1S/C26H21F6N3O2.ClH/c27-25(28,29)20-12-19(13-21(14-20)26(30,31)32)24(37)35-10-9-34(23(36)18-7-4-8-33-15-18)16-22(35)11-17-5-2-1-3-6-17;/h1-8,12-15,22H,9-11,16H2;1H/t22-;/m1./s1. The molecule has 202 valence electrons. The molecule has 1 atom stereocenters. The zero-order valence-electron chi connectivity index (χ0n) is 19.7. The summed E-state index contributed by atoms with van der Waals surface area (Å²) in [7, 11) is 0. The minimum Gasteiger partial charge on any atom is -0.335 e. The highest BCUT2D eigenvalue weighted by Gasteiger charge is 2.39. The number of rotatable bonds is 4. The van der Waals surface area contributed by atoms with E-state index in [1.165, 1.54) is 22.2 Å². The number of hydrogen-bond donors (Lipinski definition) is 0. The second kappa shape index (κ2) is 11.4. The van der Waals surface area contributed by atoms with Gasteiger partial charge in [-0.1, -0.05) is 30.3 Å². The van der Waals surface area contributed by atoms with Crippen molar-refractivity contribution in [2.75, 3.05) is 19.6 Å². The molecule has 1 aromatic heterocycles. The smallest absolute Gasteiger partial charge is 0.335 e. The van der Waals surface area contributed by atoms with Crippen LogP contribution in [-0.2, 0) is 18.8 Å². The predicted octanol–water partition coefficient (Wildman–Crippen LogP) is 5.75. The summed E-state index contributed by atoms with van der Waals surface area (Å²) in [6.45, 7) is 0.0230. The van der Waals surface area contributed by atoms with E-state index in [9.17, 15) is 35.9 Å². The molecule has 2 aromatic carbocycles. The molecular weight excluding hydrogens is 536 g/mol. The van der Waals surface area contributed by atoms with Crippen LogP contribution in [0.5, 0.6) is 0 Å². The van der Waals surface area contributed by atoms with Crippen LogP contribution in [0, 0.1) is 0 Å². The van der Waals surface area contributed by atoms with Crippen molar-refractivity contribution in [3.8, 4) is 0 Å². The first-order valence-corrected chi connectivity index (χ1v) is 11.3. The van der Waals surface area contributed by atoms with Gasteiger partial charge in [0.25, 0.3) is 11.8 Å². The normalized spacial score (nSPS) is 16.1. The fourth-order valence-electron chi connectivity index (χ4n) is 4.28. The highest BCUT2D eigenvalue weighted by molar-refractivity contribution is 5.96. The molecule has 2 heterocycles. The average molecular weight is 558 g/mol. The Morgan fingerprint density at radius 2 is 1.45 bits per heavy atom. The zero-order chi connectivity index (χ0) is 26.8. The lowest BCUT2D eigenvalue weighted by atomic mass is 9.99. The molecule has 0 N–H and O–H groups in total. The SMILES string of the molecule is Cl.O=C(c1cccnc1)N1CCN(C(=O)c2cc(C(F)(F)F)cc(C(F)(F)F)c2)[C@H](Cc2ccccc2)C1. The first kappa shape index (κ1) is 29.0. The van der Waals surface area contributed by atoms with E-state index in [-0.39, 0.29) is 50.4 Å². The lowest BCUT2D eigenvalue weighted by Crippen LogP contribution is -2.57. The Morgan fingerprint density at radius 3 is 2.00 bits per heavy atom. The van der Waals surface area contributed by atoms with Gasteiger partial charge in [-0.05, 0) is 42.3 Å². The summed E-state index contributed by atoms with van der Waals surface area (Å²) in [6.07, 6.45) is -7.00. The van der Waals surface area contributed by atoms with Gasteiger partial charge in [-0.15, -0.1) is 12.4 Å². The van der Waals surface area contributed by atoms with Crippen molar-refractivity contribution in [3.63, 3.8) is 0 Å². The van der Waals surface area contributed by atoms with Gasteiger partial charge in [-0.3, -0.25) is 14.6 Å². The van der Waals surface area contributed by atoms with Crippen LogP contribution in [0.15, 0.2) is 73.1 Å². The summed E-state index contributed by atoms with van der Waals surface area (Å²) in [6, 6.07) is 12.3. The molecule has 3 aromatic rings. The molecule has 12 heteroatoms. The number of aromatic nitrogens is 1. The van der Waals surface area contributed by atoms with Gasteiger partial charge >= 0.3 is 12.4 Å². The lowest BCUT2D eigenvalue weighted by Gasteiger charge is -2.42. The third kappa shape index (κ3) is 6.63. The maximum atomic E-state index is 13.4. The Bertz CT molecular complexity index is 1240. The minimum absolute atomic E-state index is 0. The Hall–Kier alpha value is -3.60. The van der Waals surface area contributed by atoms with Crippen molar-refractivity contribution in [2.24, 2.45) is 0 Å². The topological polar surface area (TPSA) is 53.5 Å². The molecule has 38 heavy (non-hydrogen) atoms. The molecular formula is C26H22ClF6N3O2. The van der Waals surface area contributed by atoms with Crippen LogP contribution in [0.3, 0.4) is 0 Å². The van der Waals surface area contributed by atoms with Gasteiger partial charge in [0.05, 0.1) is 22.7 Å². The van der Waals surface area contributed by atoms with Crippen LogP contribution < -0.4 is 0 Å². The third-order valence-corrected chi connectivity index (χ3v) is 6.09. The van der Waals surface area contributed by atoms with E-state index in [1.807, 2.05) is 0 Å². The van der Waals surface area contributed by atoms with Gasteiger partial charge < -0.3 is 9.80 Å². The Labute approximate surface area is 220 Å². The average Bonchev–Trinajstić information content (AvgIpc) is 2.87. The van der Waals surface area contributed by atoms with E-state index < -0.39 is 41.0 Å². The molecule has 0 bridgehead atoms. The second-order valence-electron chi connectivity index (χ2n) is 8.63. The molecule has 0 aliphatic carbocycles. The van der Waals surface area contributed by atoms with Gasteiger partial charge in [0.2, 0.25) is 0 Å². The molecule has 1 fully saturated rings. The summed E-state index contributed by atoms with van der Waals surface area (Å²) in [4.78, 5) is 33.0. The Balaban J connectivity index is 0.00000400. The fourth-order valence-corrected chi connectivity index (χ4v) is 4.28. The molecule has 1 saturated heterocycles. The van der Waals surface area contributed by atoms with Crippen molar-refractivity contribution in [2.45, 2.75) is 24.8 Å². The van der Waals surface area contributed by atoms with Crippen molar-refractivity contribution in [3.05, 3.63) is 101 Å². The van der Waals surface area contributed by atoms with Crippen LogP contribution in [-0.4, -0.2) is 52.3 Å². The number of carbonyl (C=O) groups is 2. The molecule has 4 rings (SSSR count). The number of alkyl halides is 6. The largest absolute Gasteiger partial charge is 0.416 e. The number of benzene rings is 2. The van der Waals surface area contributed by atoms with Crippen LogP contribution >= 0.6 is 12.4 Å². The Morgan fingerprint density at radius 1 is 0.816 bits per heavy atom. The Kier molecular flexibility index (Phi) is 8.71. The predicted molar refractivity (Wildman–Crippen MR) is 129 cm³/mol. The van der Waals surface area contributed by atoms with E-state index in [2.05, 4.69) is 4.98 Å². The fraction of sp³-hybridized carbons (Fsp3) is 0.269. The van der Waals surface area contributed by atoms with E-state index in [0.29, 0.717) is 17.7 Å². The minimum atomic E-state index is -5.07. The van der Waals surface area contributed by atoms with Gasteiger partial charge in [0.15, 0.2) is 0 Å². The summed E-state index contributed by atoms with van der Waals surface area (Å²) >= 11 is 0. The molecule has 0 saturated carbocycles. The molecule has 0 unspecified atom stereocenters. The molecule has 1 aliphatic rings. The van der Waals surface area contributed by atoms with E-state index in [0.717, 1.165) is 5.56 Å². The number of hydrogen-bond acceptors (Lipinski definition) is 3. The van der Waals surface area contributed by atoms with Crippen molar-refractivity contribution in [1.82, 2.24) is 14.8 Å². The molecule has 2 amide bonds. The van der Waals surface area contributed by atoms with E-state index >= 15 is 0 Å². The number of pyridine rings is 1. The first-order chi connectivity index (χ1) is 17.4. The van der Waals surface area contributed by atoms with Crippen LogP contribution in [0.2, 0.25) is 0 Å². The summed E-state index contributed by atoms with van der Waals surface area (Å²) in [5.41, 5.74) is -2.71. The number of carbonyl (C=O) groups excluding carboxylic acids is 2. The van der Waals surface area contributed by atoms with Gasteiger partial charge in [-0.2, -0.15) is 26.3 Å².